The molecule has 1 aliphatic rings. The molecular weight excluding hydrogens is 230 g/mol. The average molecular weight is 257 g/mol. The molecule has 1 aliphatic carbocycles. The summed E-state index contributed by atoms with van der Waals surface area (Å²) < 4.78 is 5.04. The van der Waals surface area contributed by atoms with Crippen molar-refractivity contribution in [1.82, 2.24) is 10.2 Å². The van der Waals surface area contributed by atoms with Gasteiger partial charge < -0.3 is 20.7 Å². The lowest BCUT2D eigenvalue weighted by Gasteiger charge is -2.28. The van der Waals surface area contributed by atoms with E-state index >= 15 is 0 Å². The van der Waals surface area contributed by atoms with Gasteiger partial charge in [-0.1, -0.05) is 19.3 Å². The summed E-state index contributed by atoms with van der Waals surface area (Å²) in [5.74, 6) is 0. The van der Waals surface area contributed by atoms with Crippen LogP contribution in [-0.4, -0.2) is 50.3 Å². The Hall–Kier alpha value is -0.810. The number of nitrogens with one attached hydrogen (secondary N) is 1. The van der Waals surface area contributed by atoms with Crippen LogP contribution in [0.4, 0.5) is 4.79 Å². The third kappa shape index (κ3) is 5.69. The van der Waals surface area contributed by atoms with Crippen LogP contribution in [-0.2, 0) is 4.74 Å². The molecule has 0 atom stereocenters. The third-order valence-electron chi connectivity index (χ3n) is 3.42. The fourth-order valence-corrected chi connectivity index (χ4v) is 2.31. The Morgan fingerprint density at radius 3 is 2.67 bits per heavy atom. The minimum atomic E-state index is 0.0346. The van der Waals surface area contributed by atoms with E-state index in [2.05, 4.69) is 5.32 Å². The highest BCUT2D eigenvalue weighted by Gasteiger charge is 2.19. The lowest BCUT2D eigenvalue weighted by atomic mass is 9.96. The third-order valence-corrected chi connectivity index (χ3v) is 3.42. The van der Waals surface area contributed by atoms with Crippen molar-refractivity contribution < 1.29 is 9.53 Å². The largest absolute Gasteiger partial charge is 0.383 e. The second kappa shape index (κ2) is 9.16. The van der Waals surface area contributed by atoms with Crippen molar-refractivity contribution in [3.05, 3.63) is 0 Å². The van der Waals surface area contributed by atoms with E-state index in [1.165, 1.54) is 19.3 Å². The Labute approximate surface area is 110 Å². The van der Waals surface area contributed by atoms with E-state index in [-0.39, 0.29) is 6.03 Å². The molecule has 3 N–H and O–H groups in total. The molecule has 5 nitrogen and oxygen atoms in total. The Balaban J connectivity index is 2.35. The van der Waals surface area contributed by atoms with Gasteiger partial charge in [-0.15, -0.1) is 0 Å². The number of nitrogens with two attached hydrogens (primary N) is 1. The molecule has 0 aromatic rings. The minimum Gasteiger partial charge on any atom is -0.383 e. The molecule has 0 heterocycles. The molecule has 106 valence electrons. The van der Waals surface area contributed by atoms with E-state index in [4.69, 9.17) is 10.5 Å². The van der Waals surface area contributed by atoms with Gasteiger partial charge in [0.15, 0.2) is 0 Å². The van der Waals surface area contributed by atoms with Crippen LogP contribution in [0.5, 0.6) is 0 Å². The summed E-state index contributed by atoms with van der Waals surface area (Å²) in [6, 6.07) is 0.390. The lowest BCUT2D eigenvalue weighted by Crippen LogP contribution is -2.47. The monoisotopic (exact) mass is 257 g/mol. The van der Waals surface area contributed by atoms with Crippen molar-refractivity contribution in [3.8, 4) is 0 Å². The number of hydrogen-bond acceptors (Lipinski definition) is 3. The smallest absolute Gasteiger partial charge is 0.317 e. The van der Waals surface area contributed by atoms with Gasteiger partial charge >= 0.3 is 6.03 Å². The molecular formula is C13H27N3O2. The predicted molar refractivity (Wildman–Crippen MR) is 72.5 cm³/mol. The fraction of sp³-hybridized carbons (Fsp3) is 0.923. The zero-order valence-electron chi connectivity index (χ0n) is 11.5. The fourth-order valence-electron chi connectivity index (χ4n) is 2.31. The first-order valence-corrected chi connectivity index (χ1v) is 7.02. The average Bonchev–Trinajstić information content (AvgIpc) is 2.40. The summed E-state index contributed by atoms with van der Waals surface area (Å²) in [6.07, 6.45) is 6.81. The van der Waals surface area contributed by atoms with E-state index in [1.54, 1.807) is 7.11 Å². The highest BCUT2D eigenvalue weighted by molar-refractivity contribution is 5.74. The van der Waals surface area contributed by atoms with Gasteiger partial charge in [-0.25, -0.2) is 4.79 Å². The second-order valence-corrected chi connectivity index (χ2v) is 4.91. The molecule has 0 bridgehead atoms. The summed E-state index contributed by atoms with van der Waals surface area (Å²) in [7, 11) is 1.65. The number of carbonyl (C=O) groups excluding carboxylic acids is 1. The number of carbonyl (C=O) groups is 1. The quantitative estimate of drug-likeness (QED) is 0.723. The van der Waals surface area contributed by atoms with Crippen molar-refractivity contribution >= 4 is 6.03 Å². The number of rotatable bonds is 7. The molecule has 0 aliphatic heterocycles. The topological polar surface area (TPSA) is 67.6 Å². The first kappa shape index (κ1) is 15.2. The molecule has 0 radical (unpaired) electrons. The van der Waals surface area contributed by atoms with Gasteiger partial charge in [0.05, 0.1) is 6.61 Å². The van der Waals surface area contributed by atoms with Crippen LogP contribution in [0.25, 0.3) is 0 Å². The van der Waals surface area contributed by atoms with Crippen molar-refractivity contribution in [1.29, 1.82) is 0 Å². The van der Waals surface area contributed by atoms with Gasteiger partial charge in [-0.2, -0.15) is 0 Å². The van der Waals surface area contributed by atoms with Crippen LogP contribution in [0, 0.1) is 0 Å². The molecule has 0 unspecified atom stereocenters. The highest BCUT2D eigenvalue weighted by Crippen LogP contribution is 2.17. The SMILES string of the molecule is COCCN(CCCN)C(=O)NC1CCCCC1. The summed E-state index contributed by atoms with van der Waals surface area (Å²) >= 11 is 0. The van der Waals surface area contributed by atoms with Crippen LogP contribution >= 0.6 is 0 Å². The number of hydrogen-bond donors (Lipinski definition) is 2. The van der Waals surface area contributed by atoms with E-state index in [0.717, 1.165) is 19.3 Å². The van der Waals surface area contributed by atoms with Gasteiger partial charge in [0, 0.05) is 26.2 Å². The zero-order valence-corrected chi connectivity index (χ0v) is 11.5. The summed E-state index contributed by atoms with van der Waals surface area (Å²) in [4.78, 5) is 14.0. The van der Waals surface area contributed by atoms with E-state index in [1.807, 2.05) is 4.90 Å². The Morgan fingerprint density at radius 2 is 2.06 bits per heavy atom. The van der Waals surface area contributed by atoms with E-state index < -0.39 is 0 Å². The van der Waals surface area contributed by atoms with Crippen LogP contribution in [0.1, 0.15) is 38.5 Å². The van der Waals surface area contributed by atoms with Gasteiger partial charge in [-0.05, 0) is 25.8 Å². The lowest BCUT2D eigenvalue weighted by molar-refractivity contribution is 0.146. The molecule has 0 saturated heterocycles. The number of amides is 2. The van der Waals surface area contributed by atoms with Crippen molar-refractivity contribution in [2.45, 2.75) is 44.6 Å². The Morgan fingerprint density at radius 1 is 1.33 bits per heavy atom. The van der Waals surface area contributed by atoms with Crippen molar-refractivity contribution in [2.24, 2.45) is 5.73 Å². The van der Waals surface area contributed by atoms with Crippen LogP contribution in [0.3, 0.4) is 0 Å². The number of methoxy groups -OCH3 is 1. The number of nitrogens with zero attached hydrogens (tertiary/aromatic N) is 1. The molecule has 1 saturated carbocycles. The summed E-state index contributed by atoms with van der Waals surface area (Å²) in [6.45, 7) is 2.52. The minimum absolute atomic E-state index is 0.0346. The number of ether oxygens (including phenoxy) is 1. The van der Waals surface area contributed by atoms with Crippen LogP contribution in [0.15, 0.2) is 0 Å². The maximum Gasteiger partial charge on any atom is 0.317 e. The molecule has 18 heavy (non-hydrogen) atoms. The first-order chi connectivity index (χ1) is 8.77. The van der Waals surface area contributed by atoms with Crippen LogP contribution < -0.4 is 11.1 Å². The summed E-state index contributed by atoms with van der Waals surface area (Å²) in [5, 5.41) is 3.13. The molecule has 5 heteroatoms. The van der Waals surface area contributed by atoms with Crippen molar-refractivity contribution in [3.63, 3.8) is 0 Å². The van der Waals surface area contributed by atoms with Gasteiger partial charge in [0.25, 0.3) is 0 Å². The molecule has 1 rings (SSSR count). The zero-order chi connectivity index (χ0) is 13.2. The second-order valence-electron chi connectivity index (χ2n) is 4.91. The first-order valence-electron chi connectivity index (χ1n) is 7.02. The predicted octanol–water partition coefficient (Wildman–Crippen LogP) is 1.33. The van der Waals surface area contributed by atoms with Crippen LogP contribution in [0.2, 0.25) is 0 Å². The molecule has 2 amide bonds. The van der Waals surface area contributed by atoms with Crippen molar-refractivity contribution in [2.75, 3.05) is 33.4 Å². The van der Waals surface area contributed by atoms with Gasteiger partial charge in [-0.3, -0.25) is 0 Å². The Kier molecular flexibility index (Phi) is 7.76. The molecule has 0 aromatic carbocycles. The molecule has 0 spiro atoms. The molecule has 0 aromatic heterocycles. The van der Waals surface area contributed by atoms with Gasteiger partial charge in [0.2, 0.25) is 0 Å². The standard InChI is InChI=1S/C13H27N3O2/c1-18-11-10-16(9-5-8-14)13(17)15-12-6-3-2-4-7-12/h12H,2-11,14H2,1H3,(H,15,17). The van der Waals surface area contributed by atoms with Gasteiger partial charge in [0.1, 0.15) is 0 Å². The molecule has 1 fully saturated rings. The van der Waals surface area contributed by atoms with E-state index in [0.29, 0.717) is 32.3 Å². The van der Waals surface area contributed by atoms with E-state index in [9.17, 15) is 4.79 Å². The maximum atomic E-state index is 12.1. The highest BCUT2D eigenvalue weighted by atomic mass is 16.5. The Bertz CT molecular complexity index is 222. The number of urea groups is 1. The normalized spacial score (nSPS) is 16.6. The summed E-state index contributed by atoms with van der Waals surface area (Å²) in [5.41, 5.74) is 5.50. The maximum absolute atomic E-state index is 12.1.